The van der Waals surface area contributed by atoms with Crippen LogP contribution in [0.3, 0.4) is 0 Å². The molecule has 4 aromatic rings. The first kappa shape index (κ1) is 20.4. The van der Waals surface area contributed by atoms with Crippen molar-refractivity contribution in [3.63, 3.8) is 0 Å². The Balaban J connectivity index is 1.67. The van der Waals surface area contributed by atoms with Crippen molar-refractivity contribution in [3.8, 4) is 5.69 Å². The zero-order valence-corrected chi connectivity index (χ0v) is 18.7. The van der Waals surface area contributed by atoms with Crippen LogP contribution in [-0.4, -0.2) is 14.7 Å². The van der Waals surface area contributed by atoms with E-state index in [2.05, 4.69) is 51.8 Å². The van der Waals surface area contributed by atoms with Gasteiger partial charge >= 0.3 is 0 Å². The van der Waals surface area contributed by atoms with Gasteiger partial charge in [0.05, 0.1) is 17.8 Å². The number of benzene rings is 2. The SMILES string of the molecule is Cc1cc([C@@H]2[C@H](c3ccccn3)NC(=S)N2c2ccccc2)c(C)n1-c1ccc(F)cc1. The Hall–Kier alpha value is -3.51. The van der Waals surface area contributed by atoms with E-state index in [0.29, 0.717) is 5.11 Å². The average molecular weight is 443 g/mol. The molecule has 1 aliphatic heterocycles. The number of anilines is 1. The first-order valence-corrected chi connectivity index (χ1v) is 11.0. The van der Waals surface area contributed by atoms with Crippen molar-refractivity contribution in [1.82, 2.24) is 14.9 Å². The Labute approximate surface area is 192 Å². The van der Waals surface area contributed by atoms with Gasteiger partial charge in [0.1, 0.15) is 5.82 Å². The van der Waals surface area contributed by atoms with Crippen LogP contribution in [0.2, 0.25) is 0 Å². The molecule has 1 N–H and O–H groups in total. The van der Waals surface area contributed by atoms with Crippen molar-refractivity contribution in [3.05, 3.63) is 114 Å². The van der Waals surface area contributed by atoms with E-state index in [0.717, 1.165) is 34.0 Å². The number of pyridine rings is 1. The third kappa shape index (κ3) is 3.46. The molecule has 0 spiro atoms. The molecule has 0 saturated carbocycles. The van der Waals surface area contributed by atoms with Gasteiger partial charge in [0.15, 0.2) is 5.11 Å². The van der Waals surface area contributed by atoms with Crippen LogP contribution >= 0.6 is 12.2 Å². The molecule has 160 valence electrons. The smallest absolute Gasteiger partial charge is 0.174 e. The predicted octanol–water partition coefficient (Wildman–Crippen LogP) is 5.81. The predicted molar refractivity (Wildman–Crippen MR) is 130 cm³/mol. The maximum absolute atomic E-state index is 13.5. The van der Waals surface area contributed by atoms with E-state index in [9.17, 15) is 4.39 Å². The van der Waals surface area contributed by atoms with E-state index < -0.39 is 0 Å². The first-order chi connectivity index (χ1) is 15.5. The molecule has 0 radical (unpaired) electrons. The zero-order chi connectivity index (χ0) is 22.2. The molecule has 2 aromatic heterocycles. The molecule has 1 fully saturated rings. The summed E-state index contributed by atoms with van der Waals surface area (Å²) in [6.45, 7) is 4.18. The molecule has 0 unspecified atom stereocenters. The fourth-order valence-corrected chi connectivity index (χ4v) is 4.96. The van der Waals surface area contributed by atoms with Gasteiger partial charge in [-0.05, 0) is 86.2 Å². The third-order valence-electron chi connectivity index (χ3n) is 6.01. The molecule has 4 nitrogen and oxygen atoms in total. The molecule has 0 amide bonds. The van der Waals surface area contributed by atoms with E-state index in [-0.39, 0.29) is 17.9 Å². The van der Waals surface area contributed by atoms with Crippen LogP contribution in [0.25, 0.3) is 5.69 Å². The van der Waals surface area contributed by atoms with Gasteiger partial charge in [0, 0.05) is 29.0 Å². The highest BCUT2D eigenvalue weighted by Gasteiger charge is 2.42. The monoisotopic (exact) mass is 442 g/mol. The van der Waals surface area contributed by atoms with Crippen LogP contribution in [-0.2, 0) is 0 Å². The van der Waals surface area contributed by atoms with Crippen molar-refractivity contribution >= 4 is 23.0 Å². The van der Waals surface area contributed by atoms with Crippen LogP contribution in [0.15, 0.2) is 85.1 Å². The van der Waals surface area contributed by atoms with Crippen molar-refractivity contribution in [2.45, 2.75) is 25.9 Å². The quantitative estimate of drug-likeness (QED) is 0.405. The van der Waals surface area contributed by atoms with E-state index >= 15 is 0 Å². The lowest BCUT2D eigenvalue weighted by molar-refractivity contribution is 0.565. The van der Waals surface area contributed by atoms with Gasteiger partial charge in [-0.2, -0.15) is 0 Å². The zero-order valence-electron chi connectivity index (χ0n) is 17.9. The Morgan fingerprint density at radius 3 is 2.31 bits per heavy atom. The number of hydrogen-bond acceptors (Lipinski definition) is 2. The second kappa shape index (κ2) is 8.20. The van der Waals surface area contributed by atoms with E-state index in [4.69, 9.17) is 12.2 Å². The molecule has 3 heterocycles. The van der Waals surface area contributed by atoms with E-state index in [1.165, 1.54) is 12.1 Å². The second-order valence-electron chi connectivity index (χ2n) is 7.97. The van der Waals surface area contributed by atoms with Gasteiger partial charge in [-0.25, -0.2) is 4.39 Å². The van der Waals surface area contributed by atoms with Crippen molar-refractivity contribution in [1.29, 1.82) is 0 Å². The summed E-state index contributed by atoms with van der Waals surface area (Å²) in [6.07, 6.45) is 1.81. The summed E-state index contributed by atoms with van der Waals surface area (Å²) in [5.41, 5.74) is 6.22. The molecule has 1 aliphatic rings. The molecule has 32 heavy (non-hydrogen) atoms. The molecule has 6 heteroatoms. The van der Waals surface area contributed by atoms with Gasteiger partial charge in [-0.3, -0.25) is 4.98 Å². The van der Waals surface area contributed by atoms with E-state index in [1.807, 2.05) is 54.7 Å². The number of thiocarbonyl (C=S) groups is 1. The van der Waals surface area contributed by atoms with Gasteiger partial charge in [0.25, 0.3) is 0 Å². The summed E-state index contributed by atoms with van der Waals surface area (Å²) in [6, 6.07) is 24.7. The first-order valence-electron chi connectivity index (χ1n) is 10.5. The number of aromatic nitrogens is 2. The van der Waals surface area contributed by atoms with Crippen LogP contribution in [0.4, 0.5) is 10.1 Å². The standard InChI is InChI=1S/C26H23FN4S/c1-17-16-22(18(2)30(17)21-13-11-19(27)12-14-21)25-24(23-10-6-7-15-28-23)29-26(32)31(25)20-8-4-3-5-9-20/h3-16,24-25H,1-2H3,(H,29,32)/t24-,25+/m0/s1. The minimum atomic E-state index is -0.243. The Morgan fingerprint density at radius 1 is 0.906 bits per heavy atom. The normalized spacial score (nSPS) is 18.1. The summed E-state index contributed by atoms with van der Waals surface area (Å²) >= 11 is 5.81. The maximum Gasteiger partial charge on any atom is 0.174 e. The van der Waals surface area contributed by atoms with Crippen molar-refractivity contribution in [2.24, 2.45) is 0 Å². The van der Waals surface area contributed by atoms with Gasteiger partial charge in [-0.15, -0.1) is 0 Å². The summed E-state index contributed by atoms with van der Waals surface area (Å²) in [5.74, 6) is -0.243. The largest absolute Gasteiger partial charge is 0.351 e. The number of halogens is 1. The topological polar surface area (TPSA) is 33.1 Å². The molecule has 5 rings (SSSR count). The lowest BCUT2D eigenvalue weighted by Gasteiger charge is -2.28. The Kier molecular flexibility index (Phi) is 5.23. The Bertz CT molecular complexity index is 1250. The highest BCUT2D eigenvalue weighted by molar-refractivity contribution is 7.80. The molecule has 2 aromatic carbocycles. The van der Waals surface area contributed by atoms with Crippen LogP contribution in [0, 0.1) is 19.7 Å². The fraction of sp³-hybridized carbons (Fsp3) is 0.154. The van der Waals surface area contributed by atoms with Crippen molar-refractivity contribution in [2.75, 3.05) is 4.90 Å². The maximum atomic E-state index is 13.5. The minimum Gasteiger partial charge on any atom is -0.351 e. The third-order valence-corrected chi connectivity index (χ3v) is 6.32. The number of para-hydroxylation sites is 1. The summed E-state index contributed by atoms with van der Waals surface area (Å²) in [5, 5.41) is 4.18. The number of aryl methyl sites for hydroxylation is 1. The summed E-state index contributed by atoms with van der Waals surface area (Å²) in [4.78, 5) is 6.80. The molecule has 0 aliphatic carbocycles. The number of rotatable bonds is 4. The number of nitrogens with zero attached hydrogens (tertiary/aromatic N) is 3. The second-order valence-corrected chi connectivity index (χ2v) is 8.36. The van der Waals surface area contributed by atoms with Gasteiger partial charge in [-0.1, -0.05) is 24.3 Å². The van der Waals surface area contributed by atoms with Crippen LogP contribution in [0.1, 0.15) is 34.7 Å². The van der Waals surface area contributed by atoms with Crippen LogP contribution in [0.5, 0.6) is 0 Å². The Morgan fingerprint density at radius 2 is 1.62 bits per heavy atom. The molecular formula is C26H23FN4S. The highest BCUT2D eigenvalue weighted by atomic mass is 32.1. The highest BCUT2D eigenvalue weighted by Crippen LogP contribution is 2.43. The molecule has 0 bridgehead atoms. The number of hydrogen-bond donors (Lipinski definition) is 1. The number of nitrogens with one attached hydrogen (secondary N) is 1. The van der Waals surface area contributed by atoms with Crippen LogP contribution < -0.4 is 10.2 Å². The lowest BCUT2D eigenvalue weighted by Crippen LogP contribution is -2.29. The van der Waals surface area contributed by atoms with Crippen molar-refractivity contribution < 1.29 is 4.39 Å². The molecule has 1 saturated heterocycles. The fourth-order valence-electron chi connectivity index (χ4n) is 4.61. The lowest BCUT2D eigenvalue weighted by atomic mass is 9.96. The summed E-state index contributed by atoms with van der Waals surface area (Å²) < 4.78 is 15.7. The summed E-state index contributed by atoms with van der Waals surface area (Å²) in [7, 11) is 0. The minimum absolute atomic E-state index is 0.0831. The van der Waals surface area contributed by atoms with Gasteiger partial charge < -0.3 is 14.8 Å². The molecular weight excluding hydrogens is 419 g/mol. The van der Waals surface area contributed by atoms with Gasteiger partial charge in [0.2, 0.25) is 0 Å². The average Bonchev–Trinajstić information content (AvgIpc) is 3.31. The molecule has 2 atom stereocenters. The van der Waals surface area contributed by atoms with E-state index in [1.54, 1.807) is 0 Å².